The molecule has 1 saturated carbocycles. The fourth-order valence-corrected chi connectivity index (χ4v) is 4.22. The monoisotopic (exact) mass is 289 g/mol. The molecule has 0 aromatic heterocycles. The van der Waals surface area contributed by atoms with Gasteiger partial charge in [-0.2, -0.15) is 0 Å². The highest BCUT2D eigenvalue weighted by atomic mass is 16.5. The summed E-state index contributed by atoms with van der Waals surface area (Å²) in [6.45, 7) is 2.32. The predicted molar refractivity (Wildman–Crippen MR) is 84.7 cm³/mol. The summed E-state index contributed by atoms with van der Waals surface area (Å²) in [6.07, 6.45) is 7.84. The van der Waals surface area contributed by atoms with E-state index in [0.717, 1.165) is 38.1 Å². The minimum atomic E-state index is -0.273. The molecule has 1 N–H and O–H groups in total. The van der Waals surface area contributed by atoms with Crippen LogP contribution in [0.2, 0.25) is 0 Å². The van der Waals surface area contributed by atoms with Crippen molar-refractivity contribution < 1.29 is 9.84 Å². The first-order valence-electron chi connectivity index (χ1n) is 8.31. The number of nitrogens with zero attached hydrogens (tertiary/aromatic N) is 1. The Kier molecular flexibility index (Phi) is 4.51. The van der Waals surface area contributed by atoms with Crippen LogP contribution in [0.5, 0.6) is 5.75 Å². The third-order valence-electron chi connectivity index (χ3n) is 5.39. The number of rotatable bonds is 5. The largest absolute Gasteiger partial charge is 0.497 e. The van der Waals surface area contributed by atoms with Crippen molar-refractivity contribution in [2.24, 2.45) is 0 Å². The number of methoxy groups -OCH3 is 1. The Labute approximate surface area is 127 Å². The first kappa shape index (κ1) is 14.9. The van der Waals surface area contributed by atoms with Crippen molar-refractivity contribution in [1.82, 2.24) is 4.90 Å². The summed E-state index contributed by atoms with van der Waals surface area (Å²) in [6, 6.07) is 8.12. The van der Waals surface area contributed by atoms with E-state index in [-0.39, 0.29) is 11.6 Å². The van der Waals surface area contributed by atoms with E-state index in [1.54, 1.807) is 7.11 Å². The maximum Gasteiger partial charge on any atom is 0.119 e. The van der Waals surface area contributed by atoms with E-state index < -0.39 is 0 Å². The molecule has 21 heavy (non-hydrogen) atoms. The van der Waals surface area contributed by atoms with E-state index >= 15 is 0 Å². The first-order chi connectivity index (χ1) is 10.2. The van der Waals surface area contributed by atoms with Gasteiger partial charge >= 0.3 is 0 Å². The summed E-state index contributed by atoms with van der Waals surface area (Å²) in [5.41, 5.74) is 1.20. The molecule has 0 radical (unpaired) electrons. The molecule has 1 saturated heterocycles. The van der Waals surface area contributed by atoms with Crippen LogP contribution in [0.15, 0.2) is 24.3 Å². The Hall–Kier alpha value is -1.06. The van der Waals surface area contributed by atoms with Crippen molar-refractivity contribution in [2.45, 2.75) is 56.6 Å². The van der Waals surface area contributed by atoms with Crippen molar-refractivity contribution in [3.63, 3.8) is 0 Å². The lowest BCUT2D eigenvalue weighted by Gasteiger charge is -2.42. The molecule has 2 fully saturated rings. The third-order valence-corrected chi connectivity index (χ3v) is 5.39. The van der Waals surface area contributed by atoms with Crippen LogP contribution in [0, 0.1) is 0 Å². The summed E-state index contributed by atoms with van der Waals surface area (Å²) in [4.78, 5) is 2.57. The summed E-state index contributed by atoms with van der Waals surface area (Å²) in [7, 11) is 1.69. The van der Waals surface area contributed by atoms with Crippen LogP contribution in [0.1, 0.15) is 44.1 Å². The van der Waals surface area contributed by atoms with Crippen LogP contribution in [0.4, 0.5) is 0 Å². The number of aliphatic hydroxyl groups excluding tert-OH is 1. The fourth-order valence-electron chi connectivity index (χ4n) is 4.22. The lowest BCUT2D eigenvalue weighted by molar-refractivity contribution is -0.0172. The van der Waals surface area contributed by atoms with E-state index in [9.17, 15) is 5.11 Å². The van der Waals surface area contributed by atoms with Crippen molar-refractivity contribution in [3.05, 3.63) is 29.8 Å². The number of aliphatic hydroxyl groups is 1. The smallest absolute Gasteiger partial charge is 0.119 e. The summed E-state index contributed by atoms with van der Waals surface area (Å²) >= 11 is 0. The zero-order valence-corrected chi connectivity index (χ0v) is 13.1. The van der Waals surface area contributed by atoms with Crippen LogP contribution in [-0.2, 0) is 6.42 Å². The number of ether oxygens (including phenoxy) is 1. The highest BCUT2D eigenvalue weighted by molar-refractivity contribution is 5.29. The third kappa shape index (κ3) is 2.95. The van der Waals surface area contributed by atoms with Gasteiger partial charge in [-0.3, -0.25) is 4.90 Å². The van der Waals surface area contributed by atoms with Crippen molar-refractivity contribution >= 4 is 0 Å². The van der Waals surface area contributed by atoms with Gasteiger partial charge in [-0.05, 0) is 56.5 Å². The molecular formula is C18H27NO2. The average Bonchev–Trinajstić information content (AvgIpc) is 3.19. The number of hydrogen-bond acceptors (Lipinski definition) is 3. The van der Waals surface area contributed by atoms with Crippen LogP contribution in [0.25, 0.3) is 0 Å². The van der Waals surface area contributed by atoms with Gasteiger partial charge in [0.1, 0.15) is 5.75 Å². The second kappa shape index (κ2) is 6.37. The molecule has 1 aromatic rings. The molecule has 116 valence electrons. The van der Waals surface area contributed by atoms with Crippen LogP contribution in [0.3, 0.4) is 0 Å². The zero-order valence-electron chi connectivity index (χ0n) is 13.1. The SMILES string of the molecule is COc1cccc(CC(O)C2(N3CCCC3)CCCC2)c1. The molecule has 0 bridgehead atoms. The van der Waals surface area contributed by atoms with Gasteiger partial charge in [0.2, 0.25) is 0 Å². The fraction of sp³-hybridized carbons (Fsp3) is 0.667. The van der Waals surface area contributed by atoms with Gasteiger partial charge in [-0.15, -0.1) is 0 Å². The van der Waals surface area contributed by atoms with E-state index in [4.69, 9.17) is 4.74 Å². The van der Waals surface area contributed by atoms with Gasteiger partial charge in [-0.1, -0.05) is 25.0 Å². The maximum absolute atomic E-state index is 11.0. The molecule has 1 aliphatic carbocycles. The normalized spacial score (nSPS) is 23.3. The maximum atomic E-state index is 11.0. The molecule has 1 heterocycles. The molecule has 1 atom stereocenters. The Balaban J connectivity index is 1.76. The van der Waals surface area contributed by atoms with Gasteiger partial charge in [0.25, 0.3) is 0 Å². The minimum absolute atomic E-state index is 0.0274. The molecule has 1 aromatic carbocycles. The number of hydrogen-bond donors (Lipinski definition) is 1. The van der Waals surface area contributed by atoms with Gasteiger partial charge in [-0.25, -0.2) is 0 Å². The Morgan fingerprint density at radius 3 is 2.57 bits per heavy atom. The van der Waals surface area contributed by atoms with Crippen molar-refractivity contribution in [3.8, 4) is 5.75 Å². The van der Waals surface area contributed by atoms with E-state index in [1.807, 2.05) is 12.1 Å². The molecule has 3 nitrogen and oxygen atoms in total. The van der Waals surface area contributed by atoms with Crippen LogP contribution >= 0.6 is 0 Å². The Morgan fingerprint density at radius 2 is 1.90 bits per heavy atom. The lowest BCUT2D eigenvalue weighted by Crippen LogP contribution is -2.54. The first-order valence-corrected chi connectivity index (χ1v) is 8.31. The number of benzene rings is 1. The molecular weight excluding hydrogens is 262 g/mol. The van der Waals surface area contributed by atoms with Gasteiger partial charge < -0.3 is 9.84 Å². The molecule has 1 unspecified atom stereocenters. The molecule has 0 amide bonds. The molecule has 3 rings (SSSR count). The van der Waals surface area contributed by atoms with Crippen LogP contribution in [-0.4, -0.2) is 41.8 Å². The van der Waals surface area contributed by atoms with Crippen molar-refractivity contribution in [2.75, 3.05) is 20.2 Å². The number of likely N-dealkylation sites (tertiary alicyclic amines) is 1. The van der Waals surface area contributed by atoms with Crippen molar-refractivity contribution in [1.29, 1.82) is 0 Å². The second-order valence-corrected chi connectivity index (χ2v) is 6.58. The van der Waals surface area contributed by atoms with Crippen LogP contribution < -0.4 is 4.74 Å². The van der Waals surface area contributed by atoms with E-state index in [0.29, 0.717) is 0 Å². The standard InChI is InChI=1S/C18H27NO2/c1-21-16-8-6-7-15(13-16)14-17(20)18(9-2-3-10-18)19-11-4-5-12-19/h6-8,13,17,20H,2-5,9-12,14H2,1H3. The highest BCUT2D eigenvalue weighted by Crippen LogP contribution is 2.41. The molecule has 3 heteroatoms. The van der Waals surface area contributed by atoms with Gasteiger partial charge in [0, 0.05) is 12.0 Å². The highest BCUT2D eigenvalue weighted by Gasteiger charge is 2.45. The van der Waals surface area contributed by atoms with Gasteiger partial charge in [0.05, 0.1) is 13.2 Å². The quantitative estimate of drug-likeness (QED) is 0.904. The van der Waals surface area contributed by atoms with Gasteiger partial charge in [0.15, 0.2) is 0 Å². The van der Waals surface area contributed by atoms with E-state index in [1.165, 1.54) is 31.2 Å². The summed E-state index contributed by atoms with van der Waals surface area (Å²) in [5, 5.41) is 11.0. The zero-order chi connectivity index (χ0) is 14.7. The van der Waals surface area contributed by atoms with E-state index in [2.05, 4.69) is 17.0 Å². The summed E-state index contributed by atoms with van der Waals surface area (Å²) < 4.78 is 5.29. The predicted octanol–water partition coefficient (Wildman–Crippen LogP) is 3.01. The molecule has 2 aliphatic rings. The average molecular weight is 289 g/mol. The Morgan fingerprint density at radius 1 is 1.19 bits per heavy atom. The topological polar surface area (TPSA) is 32.7 Å². The molecule has 0 spiro atoms. The molecule has 1 aliphatic heterocycles. The second-order valence-electron chi connectivity index (χ2n) is 6.58. The lowest BCUT2D eigenvalue weighted by atomic mass is 9.85. The minimum Gasteiger partial charge on any atom is -0.497 e. The Bertz CT molecular complexity index is 462. The summed E-state index contributed by atoms with van der Waals surface area (Å²) in [5.74, 6) is 0.876.